The van der Waals surface area contributed by atoms with Gasteiger partial charge in [0.1, 0.15) is 23.6 Å². The lowest BCUT2D eigenvalue weighted by Gasteiger charge is -2.38. The van der Waals surface area contributed by atoms with Crippen molar-refractivity contribution in [3.8, 4) is 28.5 Å². The van der Waals surface area contributed by atoms with E-state index in [0.29, 0.717) is 16.6 Å². The van der Waals surface area contributed by atoms with E-state index < -0.39 is 8.07 Å². The van der Waals surface area contributed by atoms with E-state index in [1.54, 1.807) is 0 Å². The minimum Gasteiger partial charge on any atom is -0.473 e. The van der Waals surface area contributed by atoms with Gasteiger partial charge < -0.3 is 9.47 Å². The van der Waals surface area contributed by atoms with Gasteiger partial charge in [0.15, 0.2) is 6.23 Å². The van der Waals surface area contributed by atoms with Gasteiger partial charge in [0.25, 0.3) is 0 Å². The smallest absolute Gasteiger partial charge is 0.219 e. The van der Waals surface area contributed by atoms with E-state index in [0.717, 1.165) is 76.3 Å². The topological polar surface area (TPSA) is 75.2 Å². The zero-order chi connectivity index (χ0) is 34.9. The highest BCUT2D eigenvalue weighted by Crippen LogP contribution is 2.41. The maximum atomic E-state index is 6.63. The molecule has 48 heavy (non-hydrogen) atoms. The maximum absolute atomic E-state index is 6.63. The van der Waals surface area contributed by atoms with Crippen molar-refractivity contribution in [3.05, 3.63) is 45.0 Å². The minimum atomic E-state index is -1.96. The number of fused-ring (bicyclic) bond motifs is 1. The summed E-state index contributed by atoms with van der Waals surface area (Å²) in [7, 11) is 4.11. The lowest BCUT2D eigenvalue weighted by Crippen LogP contribution is -2.43. The number of nitrogens with zero attached hydrogens (tertiary/aromatic N) is 7. The lowest BCUT2D eigenvalue weighted by molar-refractivity contribution is -0.0367. The van der Waals surface area contributed by atoms with Crippen molar-refractivity contribution < 1.29 is 9.47 Å². The molecule has 0 radical (unpaired) electrons. The second-order valence-electron chi connectivity index (χ2n) is 14.6. The first kappa shape index (κ1) is 36.6. The Labute approximate surface area is 301 Å². The Kier molecular flexibility index (Phi) is 11.5. The van der Waals surface area contributed by atoms with Crippen LogP contribution in [-0.2, 0) is 25.4 Å². The van der Waals surface area contributed by atoms with Gasteiger partial charge in [-0.2, -0.15) is 15.3 Å². The van der Waals surface area contributed by atoms with E-state index in [9.17, 15) is 0 Å². The van der Waals surface area contributed by atoms with Crippen molar-refractivity contribution in [2.75, 3.05) is 20.2 Å². The Morgan fingerprint density at radius 1 is 1.04 bits per heavy atom. The zero-order valence-electron chi connectivity index (χ0n) is 30.8. The van der Waals surface area contributed by atoms with Crippen molar-refractivity contribution in [3.63, 3.8) is 0 Å². The number of hydrogen-bond donors (Lipinski definition) is 0. The van der Waals surface area contributed by atoms with Crippen LogP contribution in [0.15, 0.2) is 24.4 Å². The molecule has 5 rings (SSSR count). The second kappa shape index (κ2) is 15.1. The van der Waals surface area contributed by atoms with Gasteiger partial charge in [-0.25, -0.2) is 9.36 Å². The number of aromatic nitrogens is 6. The SMILES string of the molecule is Cc1c(CN(C)CC(C)Oc2c(-c3ccc4c(c3)c(C#C[Si](C(C)C)(C(C)C)C(C)C)nn4C3CCCCO3)cnn2C)c(I)nn1C. The molecule has 3 aromatic heterocycles. The number of halogens is 1. The molecule has 1 aromatic carbocycles. The van der Waals surface area contributed by atoms with Crippen molar-refractivity contribution >= 4 is 41.6 Å². The quantitative estimate of drug-likeness (QED) is 0.0867. The number of ether oxygens (including phenoxy) is 2. The highest BCUT2D eigenvalue weighted by molar-refractivity contribution is 14.1. The molecule has 1 saturated heterocycles. The third-order valence-corrected chi connectivity index (χ3v) is 17.5. The lowest BCUT2D eigenvalue weighted by atomic mass is 10.1. The summed E-state index contributed by atoms with van der Waals surface area (Å²) in [6.45, 7) is 20.7. The summed E-state index contributed by atoms with van der Waals surface area (Å²) in [5.74, 6) is 4.43. The van der Waals surface area contributed by atoms with Crippen LogP contribution < -0.4 is 4.74 Å². The molecule has 4 heterocycles. The zero-order valence-corrected chi connectivity index (χ0v) is 33.9. The normalized spacial score (nSPS) is 16.4. The largest absolute Gasteiger partial charge is 0.473 e. The van der Waals surface area contributed by atoms with Crippen LogP contribution in [0.3, 0.4) is 0 Å². The Bertz CT molecular complexity index is 1770. The summed E-state index contributed by atoms with van der Waals surface area (Å²) in [5, 5.41) is 15.4. The molecule has 260 valence electrons. The van der Waals surface area contributed by atoms with Crippen LogP contribution in [0, 0.1) is 22.1 Å². The summed E-state index contributed by atoms with van der Waals surface area (Å²) < 4.78 is 19.8. The molecular weight excluding hydrogens is 729 g/mol. The summed E-state index contributed by atoms with van der Waals surface area (Å²) in [4.78, 5) is 2.29. The predicted octanol–water partition coefficient (Wildman–Crippen LogP) is 8.25. The van der Waals surface area contributed by atoms with Gasteiger partial charge in [-0.05, 0) is 97.1 Å². The molecule has 0 spiro atoms. The highest BCUT2D eigenvalue weighted by Gasteiger charge is 2.42. The second-order valence-corrected chi connectivity index (χ2v) is 21.2. The molecule has 9 nitrogen and oxygen atoms in total. The summed E-state index contributed by atoms with van der Waals surface area (Å²) in [6.07, 6.45) is 4.97. The van der Waals surface area contributed by atoms with Gasteiger partial charge in [0, 0.05) is 50.4 Å². The van der Waals surface area contributed by atoms with Gasteiger partial charge in [-0.1, -0.05) is 53.5 Å². The van der Waals surface area contributed by atoms with Crippen LogP contribution in [-0.4, -0.2) is 68.6 Å². The summed E-state index contributed by atoms with van der Waals surface area (Å²) in [6, 6.07) is 6.55. The number of likely N-dealkylation sites (N-methyl/N-ethyl adjacent to an activating group) is 1. The average molecular weight is 784 g/mol. The Balaban J connectivity index is 1.49. The first-order chi connectivity index (χ1) is 22.7. The first-order valence-electron chi connectivity index (χ1n) is 17.5. The van der Waals surface area contributed by atoms with Gasteiger partial charge in [-0.15, -0.1) is 5.54 Å². The molecule has 0 bridgehead atoms. The molecule has 1 fully saturated rings. The minimum absolute atomic E-state index is 0.0590. The van der Waals surface area contributed by atoms with Crippen LogP contribution in [0.1, 0.15) is 90.9 Å². The summed E-state index contributed by atoms with van der Waals surface area (Å²) >= 11 is 2.32. The fourth-order valence-electron chi connectivity index (χ4n) is 7.69. The molecule has 1 aliphatic rings. The van der Waals surface area contributed by atoms with E-state index in [1.165, 1.54) is 11.3 Å². The standard InChI is InChI=1S/C37H54IN7O2Si/c1-24(2)48(25(3)4,26(5)6)19-17-33-30-20-29(15-16-34(30)45(40-33)35-14-12-13-18-46-35)31-21-39-44(11)37(31)47-27(7)22-42(9)23-32-28(8)43(10)41-36(32)38/h15-16,20-21,24-27,35H,12-14,18,22-23H2,1-11H3. The Hall–Kier alpha value is -2.66. The van der Waals surface area contributed by atoms with Crippen LogP contribution in [0.4, 0.5) is 0 Å². The Morgan fingerprint density at radius 3 is 2.35 bits per heavy atom. The molecule has 0 aliphatic carbocycles. The fraction of sp³-hybridized carbons (Fsp3) is 0.595. The molecular formula is C37H54IN7O2Si. The molecule has 2 atom stereocenters. The van der Waals surface area contributed by atoms with Crippen molar-refractivity contribution in [2.45, 2.75) is 110 Å². The third kappa shape index (κ3) is 7.27. The van der Waals surface area contributed by atoms with Crippen LogP contribution in [0.5, 0.6) is 5.88 Å². The fourth-order valence-corrected chi connectivity index (χ4v) is 13.8. The van der Waals surface area contributed by atoms with Crippen molar-refractivity contribution in [2.24, 2.45) is 14.1 Å². The van der Waals surface area contributed by atoms with Crippen LogP contribution in [0.25, 0.3) is 22.0 Å². The number of benzene rings is 1. The molecule has 2 unspecified atom stereocenters. The first-order valence-corrected chi connectivity index (χ1v) is 20.8. The van der Waals surface area contributed by atoms with Crippen LogP contribution >= 0.6 is 22.6 Å². The van der Waals surface area contributed by atoms with E-state index >= 15 is 0 Å². The van der Waals surface area contributed by atoms with Gasteiger partial charge in [0.05, 0.1) is 17.3 Å². The van der Waals surface area contributed by atoms with E-state index in [1.807, 2.05) is 29.7 Å². The van der Waals surface area contributed by atoms with E-state index in [-0.39, 0.29) is 12.3 Å². The monoisotopic (exact) mass is 783 g/mol. The van der Waals surface area contributed by atoms with Crippen molar-refractivity contribution in [1.82, 2.24) is 34.2 Å². The number of rotatable bonds is 11. The van der Waals surface area contributed by atoms with Gasteiger partial charge >= 0.3 is 0 Å². The molecule has 11 heteroatoms. The molecule has 0 amide bonds. The Morgan fingerprint density at radius 2 is 1.75 bits per heavy atom. The van der Waals surface area contributed by atoms with E-state index in [2.05, 4.69) is 134 Å². The molecule has 0 saturated carbocycles. The maximum Gasteiger partial charge on any atom is 0.219 e. The molecule has 0 N–H and O–H groups in total. The van der Waals surface area contributed by atoms with Gasteiger partial charge in [-0.3, -0.25) is 9.58 Å². The van der Waals surface area contributed by atoms with E-state index in [4.69, 9.17) is 14.6 Å². The highest BCUT2D eigenvalue weighted by atomic mass is 127. The number of aryl methyl sites for hydroxylation is 2. The summed E-state index contributed by atoms with van der Waals surface area (Å²) in [5.41, 5.74) is 11.9. The van der Waals surface area contributed by atoms with Crippen molar-refractivity contribution in [1.29, 1.82) is 0 Å². The molecule has 4 aromatic rings. The van der Waals surface area contributed by atoms with Gasteiger partial charge in [0.2, 0.25) is 5.88 Å². The van der Waals surface area contributed by atoms with Crippen LogP contribution in [0.2, 0.25) is 16.6 Å². The average Bonchev–Trinajstić information content (AvgIpc) is 3.66. The number of hydrogen-bond acceptors (Lipinski definition) is 6. The predicted molar refractivity (Wildman–Crippen MR) is 206 cm³/mol. The third-order valence-electron chi connectivity index (χ3n) is 10.3. The molecule has 1 aliphatic heterocycles.